The zero-order valence-corrected chi connectivity index (χ0v) is 9.76. The third-order valence-electron chi connectivity index (χ3n) is 3.54. The van der Waals surface area contributed by atoms with Crippen molar-refractivity contribution in [2.45, 2.75) is 30.9 Å². The smallest absolute Gasteiger partial charge is 0.347 e. The Kier molecular flexibility index (Phi) is 3.32. The number of benzene rings is 1. The van der Waals surface area contributed by atoms with Gasteiger partial charge in [-0.15, -0.1) is 0 Å². The molecule has 0 saturated heterocycles. The quantitative estimate of drug-likeness (QED) is 0.886. The van der Waals surface area contributed by atoms with Crippen molar-refractivity contribution in [3.63, 3.8) is 0 Å². The first-order chi connectivity index (χ1) is 8.44. The average Bonchev–Trinajstić information content (AvgIpc) is 2.27. The van der Waals surface area contributed by atoms with Crippen LogP contribution in [0.2, 0.25) is 0 Å². The number of carbonyl (C=O) groups excluding carboxylic acids is 1. The van der Waals surface area contributed by atoms with Crippen LogP contribution >= 0.6 is 0 Å². The highest BCUT2D eigenvalue weighted by molar-refractivity contribution is 5.81. The molecular weight excluding hydrogens is 243 g/mol. The van der Waals surface area contributed by atoms with E-state index in [1.807, 2.05) is 35.6 Å². The number of amides is 1. The van der Waals surface area contributed by atoms with Gasteiger partial charge < -0.3 is 5.32 Å². The van der Waals surface area contributed by atoms with Crippen molar-refractivity contribution < 1.29 is 18.0 Å². The van der Waals surface area contributed by atoms with Crippen molar-refractivity contribution in [2.75, 3.05) is 6.54 Å². The van der Waals surface area contributed by atoms with Crippen molar-refractivity contribution in [1.29, 1.82) is 0 Å². The minimum Gasteiger partial charge on any atom is -0.347 e. The Hall–Kier alpha value is -1.52. The van der Waals surface area contributed by atoms with Crippen LogP contribution < -0.4 is 5.32 Å². The summed E-state index contributed by atoms with van der Waals surface area (Å²) in [5, 5.41) is 2.00. The van der Waals surface area contributed by atoms with Crippen molar-refractivity contribution in [2.24, 2.45) is 0 Å². The molecule has 1 amide bonds. The molecule has 1 aromatic carbocycles. The first-order valence-corrected chi connectivity index (χ1v) is 5.85. The molecule has 1 N–H and O–H groups in total. The van der Waals surface area contributed by atoms with Crippen LogP contribution in [0.25, 0.3) is 0 Å². The molecule has 0 aromatic heterocycles. The summed E-state index contributed by atoms with van der Waals surface area (Å²) in [6.45, 7) is 0.0509. The van der Waals surface area contributed by atoms with Crippen molar-refractivity contribution in [1.82, 2.24) is 5.32 Å². The van der Waals surface area contributed by atoms with Gasteiger partial charge in [0.1, 0.15) is 0 Å². The molecule has 1 fully saturated rings. The highest BCUT2D eigenvalue weighted by atomic mass is 19.4. The molecule has 98 valence electrons. The third-order valence-corrected chi connectivity index (χ3v) is 3.54. The maximum absolute atomic E-state index is 12.1. The second-order valence-corrected chi connectivity index (χ2v) is 4.68. The normalized spacial score (nSPS) is 17.9. The van der Waals surface area contributed by atoms with Crippen LogP contribution in [0.4, 0.5) is 13.2 Å². The number of alkyl halides is 3. The molecule has 1 saturated carbocycles. The Morgan fingerprint density at radius 2 is 1.83 bits per heavy atom. The van der Waals surface area contributed by atoms with E-state index in [1.165, 1.54) is 0 Å². The maximum Gasteiger partial charge on any atom is 0.471 e. The SMILES string of the molecule is O=C(NCC1(c2ccccc2)CCC1)C(F)(F)F. The highest BCUT2D eigenvalue weighted by Crippen LogP contribution is 2.43. The molecule has 1 aliphatic rings. The molecule has 0 spiro atoms. The van der Waals surface area contributed by atoms with E-state index >= 15 is 0 Å². The van der Waals surface area contributed by atoms with Crippen LogP contribution in [0.3, 0.4) is 0 Å². The number of carbonyl (C=O) groups is 1. The van der Waals surface area contributed by atoms with E-state index < -0.39 is 12.1 Å². The fourth-order valence-electron chi connectivity index (χ4n) is 2.31. The van der Waals surface area contributed by atoms with Gasteiger partial charge in [0.05, 0.1) is 0 Å². The fraction of sp³-hybridized carbons (Fsp3) is 0.462. The van der Waals surface area contributed by atoms with Gasteiger partial charge in [0.25, 0.3) is 0 Å². The van der Waals surface area contributed by atoms with Gasteiger partial charge in [-0.1, -0.05) is 36.8 Å². The van der Waals surface area contributed by atoms with E-state index in [4.69, 9.17) is 0 Å². The lowest BCUT2D eigenvalue weighted by molar-refractivity contribution is -0.174. The van der Waals surface area contributed by atoms with Gasteiger partial charge in [0.15, 0.2) is 0 Å². The molecule has 2 nitrogen and oxygen atoms in total. The number of hydrogen-bond acceptors (Lipinski definition) is 1. The Bertz CT molecular complexity index is 424. The molecule has 2 rings (SSSR count). The van der Waals surface area contributed by atoms with Crippen LogP contribution in [-0.2, 0) is 10.2 Å². The van der Waals surface area contributed by atoms with Crippen molar-refractivity contribution in [3.05, 3.63) is 35.9 Å². The molecule has 0 aliphatic heterocycles. The molecule has 1 aromatic rings. The van der Waals surface area contributed by atoms with Gasteiger partial charge in [0.2, 0.25) is 0 Å². The van der Waals surface area contributed by atoms with Crippen LogP contribution in [0.1, 0.15) is 24.8 Å². The molecule has 0 unspecified atom stereocenters. The van der Waals surface area contributed by atoms with E-state index in [1.54, 1.807) is 0 Å². The Morgan fingerprint density at radius 3 is 2.28 bits per heavy atom. The first-order valence-electron chi connectivity index (χ1n) is 5.85. The number of hydrogen-bond donors (Lipinski definition) is 1. The molecule has 5 heteroatoms. The number of rotatable bonds is 3. The second-order valence-electron chi connectivity index (χ2n) is 4.68. The largest absolute Gasteiger partial charge is 0.471 e. The van der Waals surface area contributed by atoms with E-state index in [2.05, 4.69) is 0 Å². The fourth-order valence-corrected chi connectivity index (χ4v) is 2.31. The minimum absolute atomic E-state index is 0.0509. The third kappa shape index (κ3) is 2.49. The van der Waals surface area contributed by atoms with E-state index in [0.717, 1.165) is 24.8 Å². The summed E-state index contributed by atoms with van der Waals surface area (Å²) in [5.74, 6) is -1.86. The van der Waals surface area contributed by atoms with Gasteiger partial charge in [-0.2, -0.15) is 13.2 Å². The summed E-state index contributed by atoms with van der Waals surface area (Å²) in [6, 6.07) is 9.39. The van der Waals surface area contributed by atoms with Crippen LogP contribution in [0.5, 0.6) is 0 Å². The summed E-state index contributed by atoms with van der Waals surface area (Å²) >= 11 is 0. The highest BCUT2D eigenvalue weighted by Gasteiger charge is 2.43. The van der Waals surface area contributed by atoms with E-state index in [-0.39, 0.29) is 12.0 Å². The van der Waals surface area contributed by atoms with Crippen molar-refractivity contribution >= 4 is 5.91 Å². The van der Waals surface area contributed by atoms with Crippen LogP contribution in [-0.4, -0.2) is 18.6 Å². The summed E-state index contributed by atoms with van der Waals surface area (Å²) in [5.41, 5.74) is 0.682. The zero-order valence-electron chi connectivity index (χ0n) is 9.76. The number of halogens is 3. The van der Waals surface area contributed by atoms with Gasteiger partial charge >= 0.3 is 12.1 Å². The molecule has 18 heavy (non-hydrogen) atoms. The van der Waals surface area contributed by atoms with E-state index in [0.29, 0.717) is 0 Å². The monoisotopic (exact) mass is 257 g/mol. The lowest BCUT2D eigenvalue weighted by Crippen LogP contribution is -2.48. The molecule has 0 heterocycles. The summed E-state index contributed by atoms with van der Waals surface area (Å²) < 4.78 is 36.4. The van der Waals surface area contributed by atoms with Crippen LogP contribution in [0.15, 0.2) is 30.3 Å². The topological polar surface area (TPSA) is 29.1 Å². The van der Waals surface area contributed by atoms with Gasteiger partial charge in [0, 0.05) is 12.0 Å². The molecule has 0 atom stereocenters. The second kappa shape index (κ2) is 4.63. The molecule has 1 aliphatic carbocycles. The average molecular weight is 257 g/mol. The van der Waals surface area contributed by atoms with Gasteiger partial charge in [-0.05, 0) is 18.4 Å². The Balaban J connectivity index is 2.05. The predicted octanol–water partition coefficient (Wildman–Crippen LogP) is 2.79. The lowest BCUT2D eigenvalue weighted by Gasteiger charge is -2.42. The predicted molar refractivity (Wildman–Crippen MR) is 61.0 cm³/mol. The summed E-state index contributed by atoms with van der Waals surface area (Å²) in [6.07, 6.45) is -2.19. The Labute approximate surface area is 103 Å². The van der Waals surface area contributed by atoms with Crippen molar-refractivity contribution in [3.8, 4) is 0 Å². The zero-order chi connectivity index (χ0) is 13.2. The molecule has 0 bridgehead atoms. The summed E-state index contributed by atoms with van der Waals surface area (Å²) in [4.78, 5) is 10.8. The van der Waals surface area contributed by atoms with Gasteiger partial charge in [-0.25, -0.2) is 0 Å². The molecule has 0 radical (unpaired) electrons. The maximum atomic E-state index is 12.1. The van der Waals surface area contributed by atoms with E-state index in [9.17, 15) is 18.0 Å². The lowest BCUT2D eigenvalue weighted by atomic mass is 9.64. The van der Waals surface area contributed by atoms with Crippen LogP contribution in [0, 0.1) is 0 Å². The molecular formula is C13H14F3NO. The first kappa shape index (κ1) is 12.9. The minimum atomic E-state index is -4.80. The van der Waals surface area contributed by atoms with Gasteiger partial charge in [-0.3, -0.25) is 4.79 Å². The number of nitrogens with one attached hydrogen (secondary N) is 1. The summed E-state index contributed by atoms with van der Waals surface area (Å²) in [7, 11) is 0. The Morgan fingerprint density at radius 1 is 1.22 bits per heavy atom. The standard InChI is InChI=1S/C13H14F3NO/c14-13(15,16)11(18)17-9-12(7-4-8-12)10-5-2-1-3-6-10/h1-3,5-6H,4,7-9H2,(H,17,18).